The molecule has 0 radical (unpaired) electrons. The summed E-state index contributed by atoms with van der Waals surface area (Å²) >= 11 is 0. The molecule has 0 aliphatic heterocycles. The number of rotatable bonds is 5. The Kier molecular flexibility index (Phi) is 4.87. The van der Waals surface area contributed by atoms with E-state index in [-0.39, 0.29) is 41.1 Å². The maximum atomic E-state index is 13.5. The average Bonchev–Trinajstić information content (AvgIpc) is 3.28. The van der Waals surface area contributed by atoms with Crippen LogP contribution in [0.3, 0.4) is 0 Å². The lowest BCUT2D eigenvalue weighted by Gasteiger charge is -2.10. The van der Waals surface area contributed by atoms with Crippen molar-refractivity contribution in [1.82, 2.24) is 10.2 Å². The van der Waals surface area contributed by atoms with Crippen LogP contribution in [-0.4, -0.2) is 15.3 Å². The minimum absolute atomic E-state index is 0.0232. The summed E-state index contributed by atoms with van der Waals surface area (Å²) in [6.45, 7) is -0.172. The molecule has 0 unspecified atom stereocenters. The zero-order valence-corrected chi connectivity index (χ0v) is 16.5. The lowest BCUT2D eigenvalue weighted by atomic mass is 10.0. The number of hydrogen-bond donors (Lipinski definition) is 1. The number of ether oxygens (including phenoxy) is 1. The predicted octanol–water partition coefficient (Wildman–Crippen LogP) is 4.93. The van der Waals surface area contributed by atoms with Gasteiger partial charge in [-0.25, -0.2) is 4.39 Å². The number of nitrogens with zero attached hydrogens (tertiary/aromatic N) is 2. The quantitative estimate of drug-likeness (QED) is 0.422. The van der Waals surface area contributed by atoms with E-state index in [1.54, 1.807) is 48.5 Å². The smallest absolute Gasteiger partial charge is 0.297 e. The molecule has 3 aromatic carbocycles. The van der Waals surface area contributed by atoms with Gasteiger partial charge in [-0.3, -0.25) is 4.79 Å². The summed E-state index contributed by atoms with van der Waals surface area (Å²) in [7, 11) is 0. The summed E-state index contributed by atoms with van der Waals surface area (Å²) in [5.74, 6) is -0.115. The molecule has 0 saturated carbocycles. The fourth-order valence-electron chi connectivity index (χ4n) is 3.28. The Balaban J connectivity index is 1.51. The van der Waals surface area contributed by atoms with E-state index in [0.29, 0.717) is 22.1 Å². The van der Waals surface area contributed by atoms with Gasteiger partial charge >= 0.3 is 0 Å². The van der Waals surface area contributed by atoms with Crippen molar-refractivity contribution in [3.05, 3.63) is 94.7 Å². The highest BCUT2D eigenvalue weighted by Gasteiger charge is 2.19. The van der Waals surface area contributed by atoms with Crippen LogP contribution in [0.1, 0.15) is 5.89 Å². The van der Waals surface area contributed by atoms with Crippen molar-refractivity contribution < 1.29 is 23.1 Å². The van der Waals surface area contributed by atoms with Gasteiger partial charge in [-0.2, -0.15) is 0 Å². The standard InChI is InChI=1S/C24H15FN2O5/c25-16-5-3-4-15(12-16)23-27-26-20(32-23)13-30-24-21(14-8-10-17(28)11-9-14)22(29)18-6-1-2-7-19(18)31-24/h1-12,28H,13H2. The number of fused-ring (bicyclic) bond motifs is 1. The minimum atomic E-state index is -0.421. The minimum Gasteiger partial charge on any atom is -0.508 e. The molecule has 0 aliphatic rings. The Labute approximate surface area is 180 Å². The number of benzene rings is 3. The van der Waals surface area contributed by atoms with E-state index in [2.05, 4.69) is 10.2 Å². The van der Waals surface area contributed by atoms with Crippen molar-refractivity contribution in [3.8, 4) is 34.3 Å². The van der Waals surface area contributed by atoms with Gasteiger partial charge in [0.05, 0.1) is 5.39 Å². The molecule has 0 amide bonds. The van der Waals surface area contributed by atoms with Crippen LogP contribution in [-0.2, 0) is 6.61 Å². The van der Waals surface area contributed by atoms with Gasteiger partial charge in [-0.05, 0) is 48.0 Å². The molecule has 7 nitrogen and oxygen atoms in total. The van der Waals surface area contributed by atoms with Crippen molar-refractivity contribution in [2.24, 2.45) is 0 Å². The van der Waals surface area contributed by atoms with Crippen molar-refractivity contribution in [1.29, 1.82) is 0 Å². The summed E-state index contributed by atoms with van der Waals surface area (Å²) in [6.07, 6.45) is 0. The van der Waals surface area contributed by atoms with E-state index in [1.165, 1.54) is 24.3 Å². The van der Waals surface area contributed by atoms with E-state index in [9.17, 15) is 14.3 Å². The van der Waals surface area contributed by atoms with Gasteiger partial charge in [0.15, 0.2) is 6.61 Å². The molecule has 2 aromatic heterocycles. The fraction of sp³-hybridized carbons (Fsp3) is 0.0417. The molecule has 0 spiro atoms. The van der Waals surface area contributed by atoms with Crippen molar-refractivity contribution in [3.63, 3.8) is 0 Å². The average molecular weight is 430 g/mol. The highest BCUT2D eigenvalue weighted by Crippen LogP contribution is 2.32. The van der Waals surface area contributed by atoms with Crippen LogP contribution in [0.5, 0.6) is 11.7 Å². The second-order valence-electron chi connectivity index (χ2n) is 6.94. The van der Waals surface area contributed by atoms with Gasteiger partial charge in [-0.15, -0.1) is 10.2 Å². The fourth-order valence-corrected chi connectivity index (χ4v) is 3.28. The first-order valence-corrected chi connectivity index (χ1v) is 9.65. The maximum Gasteiger partial charge on any atom is 0.297 e. The van der Waals surface area contributed by atoms with Crippen molar-refractivity contribution in [2.75, 3.05) is 0 Å². The summed E-state index contributed by atoms with van der Waals surface area (Å²) in [5.41, 5.74) is 1.24. The number of phenolic OH excluding ortho intramolecular Hbond substituents is 1. The molecule has 0 bridgehead atoms. The Morgan fingerprint density at radius 1 is 0.906 bits per heavy atom. The number of aromatic nitrogens is 2. The SMILES string of the molecule is O=c1c(-c2ccc(O)cc2)c(OCc2nnc(-c3cccc(F)c3)o2)oc2ccccc12. The molecule has 5 rings (SSSR count). The lowest BCUT2D eigenvalue weighted by molar-refractivity contribution is 0.211. The van der Waals surface area contributed by atoms with Gasteiger partial charge in [0.2, 0.25) is 11.3 Å². The molecular weight excluding hydrogens is 415 g/mol. The van der Waals surface area contributed by atoms with E-state index >= 15 is 0 Å². The number of halogens is 1. The van der Waals surface area contributed by atoms with Crippen LogP contribution < -0.4 is 10.2 Å². The molecule has 32 heavy (non-hydrogen) atoms. The molecule has 0 fully saturated rings. The van der Waals surface area contributed by atoms with Gasteiger partial charge in [0.1, 0.15) is 22.7 Å². The Morgan fingerprint density at radius 3 is 2.53 bits per heavy atom. The van der Waals surface area contributed by atoms with Crippen LogP contribution in [0.4, 0.5) is 4.39 Å². The summed E-state index contributed by atoms with van der Waals surface area (Å²) in [6, 6.07) is 18.7. The van der Waals surface area contributed by atoms with Crippen LogP contribution in [0.2, 0.25) is 0 Å². The van der Waals surface area contributed by atoms with E-state index in [4.69, 9.17) is 13.6 Å². The Morgan fingerprint density at radius 2 is 1.72 bits per heavy atom. The molecule has 158 valence electrons. The zero-order valence-electron chi connectivity index (χ0n) is 16.5. The Bertz CT molecular complexity index is 1470. The topological polar surface area (TPSA) is 98.6 Å². The third kappa shape index (κ3) is 3.69. The molecule has 0 saturated heterocycles. The lowest BCUT2D eigenvalue weighted by Crippen LogP contribution is -2.09. The summed E-state index contributed by atoms with van der Waals surface area (Å²) in [4.78, 5) is 13.2. The highest BCUT2D eigenvalue weighted by atomic mass is 19.1. The first kappa shape index (κ1) is 19.5. The largest absolute Gasteiger partial charge is 0.508 e. The monoisotopic (exact) mass is 430 g/mol. The predicted molar refractivity (Wildman–Crippen MR) is 114 cm³/mol. The van der Waals surface area contributed by atoms with Crippen LogP contribution in [0.25, 0.3) is 33.6 Å². The first-order chi connectivity index (χ1) is 15.6. The van der Waals surface area contributed by atoms with Gasteiger partial charge in [0, 0.05) is 5.56 Å². The van der Waals surface area contributed by atoms with E-state index in [0.717, 1.165) is 0 Å². The number of para-hydroxylation sites is 1. The van der Waals surface area contributed by atoms with Crippen molar-refractivity contribution >= 4 is 11.0 Å². The van der Waals surface area contributed by atoms with Crippen LogP contribution in [0.15, 0.2) is 86.4 Å². The van der Waals surface area contributed by atoms with Crippen LogP contribution in [0, 0.1) is 5.82 Å². The second-order valence-corrected chi connectivity index (χ2v) is 6.94. The van der Waals surface area contributed by atoms with Crippen LogP contribution >= 0.6 is 0 Å². The molecule has 8 heteroatoms. The number of aromatic hydroxyl groups is 1. The molecule has 0 atom stereocenters. The van der Waals surface area contributed by atoms with E-state index < -0.39 is 5.82 Å². The molecule has 1 N–H and O–H groups in total. The summed E-state index contributed by atoms with van der Waals surface area (Å²) < 4.78 is 30.6. The van der Waals surface area contributed by atoms with Gasteiger partial charge in [0.25, 0.3) is 11.8 Å². The molecule has 2 heterocycles. The second kappa shape index (κ2) is 7.99. The number of phenols is 1. The van der Waals surface area contributed by atoms with E-state index in [1.807, 2.05) is 0 Å². The normalized spacial score (nSPS) is 11.0. The maximum absolute atomic E-state index is 13.5. The van der Waals surface area contributed by atoms with Gasteiger partial charge in [-0.1, -0.05) is 30.3 Å². The zero-order chi connectivity index (χ0) is 22.1. The Hall–Kier alpha value is -4.46. The molecule has 0 aliphatic carbocycles. The van der Waals surface area contributed by atoms with Crippen molar-refractivity contribution in [2.45, 2.75) is 6.61 Å². The van der Waals surface area contributed by atoms with Gasteiger partial charge < -0.3 is 18.7 Å². The molecular formula is C24H15FN2O5. The summed E-state index contributed by atoms with van der Waals surface area (Å²) in [5, 5.41) is 17.8. The third-order valence-corrected chi connectivity index (χ3v) is 4.79. The molecule has 5 aromatic rings. The number of hydrogen-bond acceptors (Lipinski definition) is 7. The highest BCUT2D eigenvalue weighted by molar-refractivity contribution is 5.84. The third-order valence-electron chi connectivity index (χ3n) is 4.79. The first-order valence-electron chi connectivity index (χ1n) is 9.65.